The van der Waals surface area contributed by atoms with Gasteiger partial charge in [-0.2, -0.15) is 0 Å². The van der Waals surface area contributed by atoms with Gasteiger partial charge in [0.25, 0.3) is 0 Å². The zero-order valence-electron chi connectivity index (χ0n) is 9.83. The largest absolute Gasteiger partial charge is 0.481 e. The topological polar surface area (TPSA) is 75.5 Å². The van der Waals surface area contributed by atoms with E-state index in [2.05, 4.69) is 9.97 Å². The number of carboxylic acid groups (broad SMARTS) is 1. The van der Waals surface area contributed by atoms with E-state index in [0.717, 1.165) is 0 Å². The average molecular weight is 237 g/mol. The van der Waals surface area contributed by atoms with Crippen molar-refractivity contribution >= 4 is 11.8 Å². The number of methoxy groups -OCH3 is 1. The van der Waals surface area contributed by atoms with E-state index in [1.54, 1.807) is 13.2 Å². The van der Waals surface area contributed by atoms with Gasteiger partial charge in [-0.1, -0.05) is 0 Å². The van der Waals surface area contributed by atoms with Gasteiger partial charge in [0, 0.05) is 18.7 Å². The van der Waals surface area contributed by atoms with E-state index in [0.29, 0.717) is 24.7 Å². The third-order valence-electron chi connectivity index (χ3n) is 3.20. The number of hydrogen-bond acceptors (Lipinski definition) is 5. The first-order valence-electron chi connectivity index (χ1n) is 5.49. The Bertz CT molecular complexity index is 424. The van der Waals surface area contributed by atoms with Crippen LogP contribution in [0.4, 0.5) is 5.82 Å². The summed E-state index contributed by atoms with van der Waals surface area (Å²) in [6.07, 6.45) is 2.07. The third kappa shape index (κ3) is 2.15. The highest BCUT2D eigenvalue weighted by molar-refractivity contribution is 5.72. The van der Waals surface area contributed by atoms with Gasteiger partial charge in [-0.05, 0) is 13.3 Å². The van der Waals surface area contributed by atoms with Gasteiger partial charge < -0.3 is 14.7 Å². The maximum atomic E-state index is 11.0. The first-order chi connectivity index (χ1) is 8.13. The Morgan fingerprint density at radius 3 is 2.94 bits per heavy atom. The number of rotatable bonds is 3. The minimum atomic E-state index is -0.749. The molecule has 2 unspecified atom stereocenters. The van der Waals surface area contributed by atoms with Crippen molar-refractivity contribution in [2.24, 2.45) is 5.92 Å². The van der Waals surface area contributed by atoms with E-state index in [-0.39, 0.29) is 12.0 Å². The van der Waals surface area contributed by atoms with Gasteiger partial charge in [-0.25, -0.2) is 9.97 Å². The predicted octanol–water partition coefficient (Wildman–Crippen LogP) is 0.785. The molecule has 0 bridgehead atoms. The summed E-state index contributed by atoms with van der Waals surface area (Å²) in [4.78, 5) is 21.1. The second-order valence-corrected chi connectivity index (χ2v) is 4.09. The SMILES string of the molecule is COc1cc(N2CCC(C(=O)O)C2C)ncn1. The molecule has 1 aliphatic heterocycles. The normalized spacial score (nSPS) is 23.8. The molecule has 1 aromatic heterocycles. The van der Waals surface area contributed by atoms with Gasteiger partial charge in [-0.15, -0.1) is 0 Å². The fraction of sp³-hybridized carbons (Fsp3) is 0.545. The molecule has 0 radical (unpaired) electrons. The number of carboxylic acids is 1. The molecule has 1 saturated heterocycles. The van der Waals surface area contributed by atoms with Crippen LogP contribution in [0.5, 0.6) is 5.88 Å². The Labute approximate surface area is 99.2 Å². The Morgan fingerprint density at radius 2 is 2.35 bits per heavy atom. The molecule has 2 rings (SSSR count). The van der Waals surface area contributed by atoms with Crippen LogP contribution >= 0.6 is 0 Å². The number of anilines is 1. The number of carbonyl (C=O) groups is 1. The summed E-state index contributed by atoms with van der Waals surface area (Å²) in [5, 5.41) is 9.06. The molecule has 0 aliphatic carbocycles. The van der Waals surface area contributed by atoms with Crippen LogP contribution < -0.4 is 9.64 Å². The Morgan fingerprint density at radius 1 is 1.59 bits per heavy atom. The van der Waals surface area contributed by atoms with Crippen molar-refractivity contribution in [2.75, 3.05) is 18.6 Å². The molecule has 1 aromatic rings. The fourth-order valence-corrected chi connectivity index (χ4v) is 2.19. The molecule has 6 heteroatoms. The average Bonchev–Trinajstić information content (AvgIpc) is 2.71. The maximum Gasteiger partial charge on any atom is 0.308 e. The Balaban J connectivity index is 2.20. The summed E-state index contributed by atoms with van der Waals surface area (Å²) in [5.74, 6) is 0.117. The van der Waals surface area contributed by atoms with Crippen LogP contribution in [0.25, 0.3) is 0 Å². The van der Waals surface area contributed by atoms with E-state index in [1.165, 1.54) is 6.33 Å². The second-order valence-electron chi connectivity index (χ2n) is 4.09. The number of ether oxygens (including phenoxy) is 1. The van der Waals surface area contributed by atoms with Crippen molar-refractivity contribution < 1.29 is 14.6 Å². The molecule has 2 atom stereocenters. The van der Waals surface area contributed by atoms with Crippen LogP contribution in [0.3, 0.4) is 0 Å². The summed E-state index contributed by atoms with van der Waals surface area (Å²) in [5.41, 5.74) is 0. The standard InChI is InChI=1S/C11H15N3O3/c1-7-8(11(15)16)3-4-14(7)9-5-10(17-2)13-6-12-9/h5-8H,3-4H2,1-2H3,(H,15,16). The van der Waals surface area contributed by atoms with Crippen molar-refractivity contribution in [3.8, 4) is 5.88 Å². The van der Waals surface area contributed by atoms with Crippen LogP contribution in [0, 0.1) is 5.92 Å². The van der Waals surface area contributed by atoms with Gasteiger partial charge in [0.1, 0.15) is 12.1 Å². The molecule has 2 heterocycles. The highest BCUT2D eigenvalue weighted by atomic mass is 16.5. The lowest BCUT2D eigenvalue weighted by Gasteiger charge is -2.24. The summed E-state index contributed by atoms with van der Waals surface area (Å²) < 4.78 is 5.03. The van der Waals surface area contributed by atoms with Crippen molar-refractivity contribution in [1.29, 1.82) is 0 Å². The molecule has 0 aromatic carbocycles. The van der Waals surface area contributed by atoms with Gasteiger partial charge in [0.05, 0.1) is 13.0 Å². The van der Waals surface area contributed by atoms with E-state index >= 15 is 0 Å². The lowest BCUT2D eigenvalue weighted by molar-refractivity contribution is -0.141. The molecule has 1 fully saturated rings. The molecular weight excluding hydrogens is 222 g/mol. The van der Waals surface area contributed by atoms with E-state index in [1.807, 2.05) is 11.8 Å². The van der Waals surface area contributed by atoms with E-state index in [4.69, 9.17) is 9.84 Å². The van der Waals surface area contributed by atoms with Crippen LogP contribution in [0.1, 0.15) is 13.3 Å². The zero-order valence-corrected chi connectivity index (χ0v) is 9.83. The predicted molar refractivity (Wildman–Crippen MR) is 61.1 cm³/mol. The number of hydrogen-bond donors (Lipinski definition) is 1. The van der Waals surface area contributed by atoms with Crippen LogP contribution in [-0.2, 0) is 4.79 Å². The molecular formula is C11H15N3O3. The Kier molecular flexibility index (Phi) is 3.12. The summed E-state index contributed by atoms with van der Waals surface area (Å²) >= 11 is 0. The minimum Gasteiger partial charge on any atom is -0.481 e. The molecule has 0 amide bonds. The van der Waals surface area contributed by atoms with Crippen LogP contribution in [0.15, 0.2) is 12.4 Å². The molecule has 6 nitrogen and oxygen atoms in total. The van der Waals surface area contributed by atoms with E-state index < -0.39 is 5.97 Å². The summed E-state index contributed by atoms with van der Waals surface area (Å²) in [6, 6.07) is 1.66. The monoisotopic (exact) mass is 237 g/mol. The fourth-order valence-electron chi connectivity index (χ4n) is 2.19. The van der Waals surface area contributed by atoms with E-state index in [9.17, 15) is 4.79 Å². The number of nitrogens with zero attached hydrogens (tertiary/aromatic N) is 3. The van der Waals surface area contributed by atoms with Gasteiger partial charge in [0.2, 0.25) is 5.88 Å². The van der Waals surface area contributed by atoms with Gasteiger partial charge in [-0.3, -0.25) is 4.79 Å². The lowest BCUT2D eigenvalue weighted by atomic mass is 10.0. The molecule has 0 spiro atoms. The van der Waals surface area contributed by atoms with Gasteiger partial charge >= 0.3 is 5.97 Å². The van der Waals surface area contributed by atoms with Crippen molar-refractivity contribution in [2.45, 2.75) is 19.4 Å². The third-order valence-corrected chi connectivity index (χ3v) is 3.20. The lowest BCUT2D eigenvalue weighted by Crippen LogP contribution is -2.33. The highest BCUT2D eigenvalue weighted by Crippen LogP contribution is 2.29. The zero-order chi connectivity index (χ0) is 12.4. The first-order valence-corrected chi connectivity index (χ1v) is 5.49. The summed E-state index contributed by atoms with van der Waals surface area (Å²) in [7, 11) is 1.54. The molecule has 92 valence electrons. The van der Waals surface area contributed by atoms with Crippen LogP contribution in [-0.4, -0.2) is 40.7 Å². The minimum absolute atomic E-state index is 0.0629. The Hall–Kier alpha value is -1.85. The second kappa shape index (κ2) is 4.57. The van der Waals surface area contributed by atoms with Crippen molar-refractivity contribution in [3.63, 3.8) is 0 Å². The van der Waals surface area contributed by atoms with Gasteiger partial charge in [0.15, 0.2) is 0 Å². The van der Waals surface area contributed by atoms with Crippen molar-refractivity contribution in [1.82, 2.24) is 9.97 Å². The smallest absolute Gasteiger partial charge is 0.308 e. The molecule has 0 saturated carbocycles. The molecule has 1 N–H and O–H groups in total. The first kappa shape index (κ1) is 11.6. The molecule has 17 heavy (non-hydrogen) atoms. The van der Waals surface area contributed by atoms with Crippen molar-refractivity contribution in [3.05, 3.63) is 12.4 Å². The number of aliphatic carboxylic acids is 1. The van der Waals surface area contributed by atoms with Crippen LogP contribution in [0.2, 0.25) is 0 Å². The molecule has 1 aliphatic rings. The maximum absolute atomic E-state index is 11.0. The highest BCUT2D eigenvalue weighted by Gasteiger charge is 2.36. The quantitative estimate of drug-likeness (QED) is 0.837. The number of aromatic nitrogens is 2. The summed E-state index contributed by atoms with van der Waals surface area (Å²) in [6.45, 7) is 2.60.